The van der Waals surface area contributed by atoms with Crippen LogP contribution in [0.2, 0.25) is 0 Å². The molecule has 0 heterocycles. The molecule has 1 rings (SSSR count). The molecule has 0 bridgehead atoms. The van der Waals surface area contributed by atoms with Gasteiger partial charge in [-0.15, -0.1) is 0 Å². The molecule has 23 heavy (non-hydrogen) atoms. The molecule has 0 fully saturated rings. The minimum Gasteiger partial charge on any atom is -0.309 e. The summed E-state index contributed by atoms with van der Waals surface area (Å²) < 4.78 is 51.2. The van der Waals surface area contributed by atoms with Crippen LogP contribution in [0, 0.1) is 6.92 Å². The van der Waals surface area contributed by atoms with E-state index in [4.69, 9.17) is 9.05 Å². The minimum atomic E-state index is -4.01. The lowest BCUT2D eigenvalue weighted by atomic mass is 10.2. The molecular formula is C14H22NO6PS. The Morgan fingerprint density at radius 3 is 2.13 bits per heavy atom. The number of hydrogen-bond acceptors (Lipinski definition) is 7. The van der Waals surface area contributed by atoms with Crippen molar-refractivity contribution in [3.05, 3.63) is 29.8 Å². The van der Waals surface area contributed by atoms with Crippen molar-refractivity contribution in [1.82, 2.24) is 0 Å². The van der Waals surface area contributed by atoms with Crippen LogP contribution in [0.5, 0.6) is 0 Å². The minimum absolute atomic E-state index is 0.00236. The Labute approximate surface area is 137 Å². The highest BCUT2D eigenvalue weighted by Crippen LogP contribution is 2.47. The molecule has 0 amide bonds. The second kappa shape index (κ2) is 8.59. The first kappa shape index (κ1) is 19.8. The van der Waals surface area contributed by atoms with Gasteiger partial charge in [0.05, 0.1) is 25.1 Å². The van der Waals surface area contributed by atoms with Crippen molar-refractivity contribution >= 4 is 23.4 Å². The van der Waals surface area contributed by atoms with Crippen LogP contribution in [0.25, 0.3) is 0 Å². The number of rotatable bonds is 9. The van der Waals surface area contributed by atoms with Crippen LogP contribution in [0.4, 0.5) is 0 Å². The second-order valence-electron chi connectivity index (χ2n) is 4.77. The van der Waals surface area contributed by atoms with Crippen molar-refractivity contribution in [2.24, 2.45) is 5.16 Å². The van der Waals surface area contributed by atoms with Crippen LogP contribution >= 0.6 is 7.60 Å². The van der Waals surface area contributed by atoms with Crippen molar-refractivity contribution in [3.8, 4) is 0 Å². The molecule has 130 valence electrons. The van der Waals surface area contributed by atoms with Crippen LogP contribution in [0.1, 0.15) is 26.3 Å². The Hall–Kier alpha value is -1.21. The molecule has 9 heteroatoms. The van der Waals surface area contributed by atoms with Gasteiger partial charge in [-0.2, -0.15) is 8.42 Å². The van der Waals surface area contributed by atoms with Gasteiger partial charge < -0.3 is 9.05 Å². The molecule has 0 atom stereocenters. The van der Waals surface area contributed by atoms with Gasteiger partial charge >= 0.3 is 17.7 Å². The van der Waals surface area contributed by atoms with Gasteiger partial charge in [0.2, 0.25) is 0 Å². The van der Waals surface area contributed by atoms with Crippen LogP contribution in [0.15, 0.2) is 34.3 Å². The number of oxime groups is 1. The topological polar surface area (TPSA) is 91.3 Å². The predicted octanol–water partition coefficient (Wildman–Crippen LogP) is 3.34. The third-order valence-corrected chi connectivity index (χ3v) is 5.94. The van der Waals surface area contributed by atoms with Crippen molar-refractivity contribution in [1.29, 1.82) is 0 Å². The summed E-state index contributed by atoms with van der Waals surface area (Å²) in [6.07, 6.45) is -0.141. The molecule has 1 aromatic rings. The predicted molar refractivity (Wildman–Crippen MR) is 88.3 cm³/mol. The maximum atomic E-state index is 12.3. The summed E-state index contributed by atoms with van der Waals surface area (Å²) >= 11 is 0. The van der Waals surface area contributed by atoms with Crippen molar-refractivity contribution < 1.29 is 26.3 Å². The summed E-state index contributed by atoms with van der Waals surface area (Å²) in [4.78, 5) is -0.00236. The largest absolute Gasteiger partial charge is 0.358 e. The first-order valence-corrected chi connectivity index (χ1v) is 10.3. The zero-order chi connectivity index (χ0) is 17.5. The van der Waals surface area contributed by atoms with E-state index < -0.39 is 17.7 Å². The molecule has 0 aliphatic carbocycles. The van der Waals surface area contributed by atoms with Crippen LogP contribution < -0.4 is 0 Å². The smallest absolute Gasteiger partial charge is 0.309 e. The van der Waals surface area contributed by atoms with E-state index in [1.54, 1.807) is 26.0 Å². The molecule has 0 aliphatic rings. The molecule has 0 saturated heterocycles. The molecule has 0 N–H and O–H groups in total. The van der Waals surface area contributed by atoms with E-state index in [2.05, 4.69) is 9.44 Å². The fourth-order valence-electron chi connectivity index (χ4n) is 1.69. The summed E-state index contributed by atoms with van der Waals surface area (Å²) in [5.74, 6) is 0. The first-order valence-electron chi connectivity index (χ1n) is 7.14. The summed E-state index contributed by atoms with van der Waals surface area (Å²) in [7, 11) is -7.35. The van der Waals surface area contributed by atoms with Crippen molar-refractivity contribution in [3.63, 3.8) is 0 Å². The number of aryl methyl sites for hydroxylation is 1. The third kappa shape index (κ3) is 6.43. The number of nitrogens with zero attached hydrogens (tertiary/aromatic N) is 1. The highest BCUT2D eigenvalue weighted by atomic mass is 32.2. The van der Waals surface area contributed by atoms with Gasteiger partial charge in [-0.25, -0.2) is 0 Å². The highest BCUT2D eigenvalue weighted by Gasteiger charge is 2.25. The summed E-state index contributed by atoms with van der Waals surface area (Å²) in [6.45, 7) is 7.15. The Bertz CT molecular complexity index is 674. The molecule has 0 spiro atoms. The molecule has 0 aliphatic heterocycles. The second-order valence-corrected chi connectivity index (χ2v) is 8.36. The monoisotopic (exact) mass is 363 g/mol. The normalized spacial score (nSPS) is 13.1. The average Bonchev–Trinajstić information content (AvgIpc) is 2.46. The van der Waals surface area contributed by atoms with E-state index >= 15 is 0 Å². The maximum absolute atomic E-state index is 12.3. The zero-order valence-corrected chi connectivity index (χ0v) is 15.4. The van der Waals surface area contributed by atoms with Gasteiger partial charge in [0, 0.05) is 0 Å². The van der Waals surface area contributed by atoms with Gasteiger partial charge in [-0.1, -0.05) is 22.9 Å². The van der Waals surface area contributed by atoms with Gasteiger partial charge in [-0.05, 0) is 39.8 Å². The molecule has 0 aromatic heterocycles. The van der Waals surface area contributed by atoms with Crippen LogP contribution in [-0.4, -0.2) is 33.5 Å². The molecule has 1 aromatic carbocycles. The maximum Gasteiger partial charge on any atom is 0.358 e. The van der Waals surface area contributed by atoms with Crippen LogP contribution in [0.3, 0.4) is 0 Å². The van der Waals surface area contributed by atoms with Gasteiger partial charge in [0.1, 0.15) is 4.90 Å². The summed E-state index contributed by atoms with van der Waals surface area (Å²) in [6, 6.07) is 6.18. The van der Waals surface area contributed by atoms with E-state index in [1.807, 2.05) is 6.92 Å². The first-order chi connectivity index (χ1) is 10.7. The zero-order valence-electron chi connectivity index (χ0n) is 13.7. The van der Waals surface area contributed by atoms with Gasteiger partial charge in [-0.3, -0.25) is 8.85 Å². The highest BCUT2D eigenvalue weighted by molar-refractivity contribution is 7.86. The standard InChI is InChI=1S/C14H22NO6PS/c1-5-19-22(16,20-6-2)11-13(4)15-21-23(17,18)14-9-7-12(3)8-10-14/h7-10H,5-6,11H2,1-4H3/b15-13-. The summed E-state index contributed by atoms with van der Waals surface area (Å²) in [5.41, 5.74) is 1.13. The van der Waals surface area contributed by atoms with E-state index in [1.165, 1.54) is 19.1 Å². The third-order valence-electron chi connectivity index (χ3n) is 2.67. The van der Waals surface area contributed by atoms with Crippen molar-refractivity contribution in [2.75, 3.05) is 19.4 Å². The van der Waals surface area contributed by atoms with Crippen LogP contribution in [-0.2, 0) is 28.0 Å². The van der Waals surface area contributed by atoms with E-state index in [0.717, 1.165) is 5.56 Å². The Morgan fingerprint density at radius 2 is 1.65 bits per heavy atom. The quantitative estimate of drug-likeness (QED) is 0.380. The van der Waals surface area contributed by atoms with E-state index in [0.29, 0.717) is 0 Å². The Morgan fingerprint density at radius 1 is 1.13 bits per heavy atom. The lowest BCUT2D eigenvalue weighted by Crippen LogP contribution is -2.09. The number of hydrogen-bond donors (Lipinski definition) is 0. The summed E-state index contributed by atoms with van der Waals surface area (Å²) in [5, 5.41) is 3.54. The molecule has 0 radical (unpaired) electrons. The SMILES string of the molecule is CCOP(=O)(C/C(C)=N\OS(=O)(=O)c1ccc(C)cc1)OCC. The Kier molecular flexibility index (Phi) is 7.41. The van der Waals surface area contributed by atoms with Gasteiger partial charge in [0.15, 0.2) is 0 Å². The lowest BCUT2D eigenvalue weighted by Gasteiger charge is -2.16. The fraction of sp³-hybridized carbons (Fsp3) is 0.500. The Balaban J connectivity index is 2.82. The van der Waals surface area contributed by atoms with E-state index in [-0.39, 0.29) is 30.0 Å². The van der Waals surface area contributed by atoms with E-state index in [9.17, 15) is 13.0 Å². The van der Waals surface area contributed by atoms with Crippen molar-refractivity contribution in [2.45, 2.75) is 32.6 Å². The fourth-order valence-corrected chi connectivity index (χ4v) is 4.13. The van der Waals surface area contributed by atoms with Gasteiger partial charge in [0.25, 0.3) is 0 Å². The molecule has 7 nitrogen and oxygen atoms in total. The molecular weight excluding hydrogens is 341 g/mol. The number of benzene rings is 1. The average molecular weight is 363 g/mol. The molecule has 0 saturated carbocycles. The molecule has 0 unspecified atom stereocenters. The lowest BCUT2D eigenvalue weighted by molar-refractivity contribution is 0.223.